The molecule has 19 heavy (non-hydrogen) atoms. The molecule has 2 nitrogen and oxygen atoms in total. The van der Waals surface area contributed by atoms with Crippen molar-refractivity contribution < 1.29 is 0 Å². The third-order valence-electron chi connectivity index (χ3n) is 5.59. The van der Waals surface area contributed by atoms with E-state index < -0.39 is 0 Å². The standard InChI is InChI=1S/C17H30N2/c1-3-14-10-11-15(13-18)17(12-14)19(2)16-8-6-4-5-7-9-16/h14-17H,3-12H2,1-2H3. The molecule has 3 unspecified atom stereocenters. The predicted octanol–water partition coefficient (Wildman–Crippen LogP) is 4.36. The second-order valence-corrected chi connectivity index (χ2v) is 6.70. The van der Waals surface area contributed by atoms with Gasteiger partial charge in [-0.3, -0.25) is 4.90 Å². The molecular formula is C17H30N2. The van der Waals surface area contributed by atoms with Crippen molar-refractivity contribution in [2.75, 3.05) is 7.05 Å². The fourth-order valence-corrected chi connectivity index (χ4v) is 4.14. The Kier molecular flexibility index (Phi) is 5.70. The molecule has 2 fully saturated rings. The van der Waals surface area contributed by atoms with Crippen molar-refractivity contribution in [3.8, 4) is 6.07 Å². The minimum Gasteiger partial charge on any atom is -0.299 e. The van der Waals surface area contributed by atoms with Gasteiger partial charge in [0, 0.05) is 12.1 Å². The number of hydrogen-bond donors (Lipinski definition) is 0. The van der Waals surface area contributed by atoms with Gasteiger partial charge in [0.1, 0.15) is 0 Å². The monoisotopic (exact) mass is 262 g/mol. The van der Waals surface area contributed by atoms with E-state index in [2.05, 4.69) is 24.9 Å². The summed E-state index contributed by atoms with van der Waals surface area (Å²) >= 11 is 0. The molecule has 0 amide bonds. The predicted molar refractivity (Wildman–Crippen MR) is 79.8 cm³/mol. The van der Waals surface area contributed by atoms with Gasteiger partial charge in [-0.05, 0) is 45.1 Å². The molecule has 0 radical (unpaired) electrons. The molecule has 0 spiro atoms. The summed E-state index contributed by atoms with van der Waals surface area (Å²) in [4.78, 5) is 2.60. The molecule has 0 aromatic carbocycles. The molecule has 0 saturated heterocycles. The zero-order valence-electron chi connectivity index (χ0n) is 12.8. The molecule has 3 atom stereocenters. The Labute approximate surface area is 119 Å². The van der Waals surface area contributed by atoms with E-state index in [4.69, 9.17) is 0 Å². The average molecular weight is 262 g/mol. The van der Waals surface area contributed by atoms with Crippen molar-refractivity contribution in [1.29, 1.82) is 5.26 Å². The van der Waals surface area contributed by atoms with Crippen LogP contribution in [0.3, 0.4) is 0 Å². The highest BCUT2D eigenvalue weighted by atomic mass is 15.2. The number of nitriles is 1. The second-order valence-electron chi connectivity index (χ2n) is 6.70. The van der Waals surface area contributed by atoms with Gasteiger partial charge in [-0.15, -0.1) is 0 Å². The molecule has 2 aliphatic carbocycles. The van der Waals surface area contributed by atoms with Crippen LogP contribution in [-0.2, 0) is 0 Å². The highest BCUT2D eigenvalue weighted by Crippen LogP contribution is 2.35. The second kappa shape index (κ2) is 7.29. The van der Waals surface area contributed by atoms with Crippen LogP contribution in [-0.4, -0.2) is 24.0 Å². The van der Waals surface area contributed by atoms with Crippen molar-refractivity contribution in [3.05, 3.63) is 0 Å². The first-order valence-electron chi connectivity index (χ1n) is 8.37. The molecule has 0 aliphatic heterocycles. The number of nitrogens with zero attached hydrogens (tertiary/aromatic N) is 2. The highest BCUT2D eigenvalue weighted by molar-refractivity contribution is 4.98. The summed E-state index contributed by atoms with van der Waals surface area (Å²) in [5.41, 5.74) is 0. The summed E-state index contributed by atoms with van der Waals surface area (Å²) in [5, 5.41) is 9.45. The van der Waals surface area contributed by atoms with Crippen molar-refractivity contribution in [2.24, 2.45) is 11.8 Å². The lowest BCUT2D eigenvalue weighted by atomic mass is 9.76. The van der Waals surface area contributed by atoms with Gasteiger partial charge in [0.05, 0.1) is 12.0 Å². The average Bonchev–Trinajstić information content (AvgIpc) is 2.74. The molecule has 0 aromatic heterocycles. The maximum atomic E-state index is 9.45. The molecule has 0 heterocycles. The van der Waals surface area contributed by atoms with Crippen LogP contribution >= 0.6 is 0 Å². The first kappa shape index (κ1) is 14.9. The van der Waals surface area contributed by atoms with Crippen molar-refractivity contribution in [3.63, 3.8) is 0 Å². The molecule has 2 aliphatic rings. The lowest BCUT2D eigenvalue weighted by Crippen LogP contribution is -2.46. The molecule has 2 saturated carbocycles. The molecule has 0 aromatic rings. The Balaban J connectivity index is 2.01. The summed E-state index contributed by atoms with van der Waals surface area (Å²) in [7, 11) is 2.29. The lowest BCUT2D eigenvalue weighted by molar-refractivity contribution is 0.0789. The summed E-state index contributed by atoms with van der Waals surface area (Å²) in [6, 6.07) is 3.85. The zero-order valence-corrected chi connectivity index (χ0v) is 12.8. The van der Waals surface area contributed by atoms with Crippen LogP contribution in [0.4, 0.5) is 0 Å². The Morgan fingerprint density at radius 2 is 1.74 bits per heavy atom. The van der Waals surface area contributed by atoms with Gasteiger partial charge in [-0.25, -0.2) is 0 Å². The quantitative estimate of drug-likeness (QED) is 0.707. The van der Waals surface area contributed by atoms with Crippen LogP contribution in [0.1, 0.15) is 71.1 Å². The van der Waals surface area contributed by atoms with Crippen LogP contribution in [0.15, 0.2) is 0 Å². The van der Waals surface area contributed by atoms with Crippen LogP contribution in [0.25, 0.3) is 0 Å². The minimum atomic E-state index is 0.274. The minimum absolute atomic E-state index is 0.274. The van der Waals surface area contributed by atoms with Crippen LogP contribution in [0.2, 0.25) is 0 Å². The highest BCUT2D eigenvalue weighted by Gasteiger charge is 2.35. The van der Waals surface area contributed by atoms with Crippen LogP contribution in [0.5, 0.6) is 0 Å². The Hall–Kier alpha value is -0.550. The van der Waals surface area contributed by atoms with Gasteiger partial charge >= 0.3 is 0 Å². The summed E-state index contributed by atoms with van der Waals surface area (Å²) < 4.78 is 0. The Morgan fingerprint density at radius 3 is 2.32 bits per heavy atom. The Bertz CT molecular complexity index is 299. The van der Waals surface area contributed by atoms with E-state index in [1.54, 1.807) is 0 Å². The largest absolute Gasteiger partial charge is 0.299 e. The topological polar surface area (TPSA) is 27.0 Å². The van der Waals surface area contributed by atoms with Crippen molar-refractivity contribution >= 4 is 0 Å². The van der Waals surface area contributed by atoms with E-state index in [-0.39, 0.29) is 5.92 Å². The summed E-state index contributed by atoms with van der Waals surface area (Å²) in [6.07, 6.45) is 13.2. The maximum absolute atomic E-state index is 9.45. The third-order valence-corrected chi connectivity index (χ3v) is 5.59. The molecule has 0 N–H and O–H groups in total. The fourth-order valence-electron chi connectivity index (χ4n) is 4.14. The van der Waals surface area contributed by atoms with Crippen LogP contribution < -0.4 is 0 Å². The first-order chi connectivity index (χ1) is 9.26. The summed E-state index contributed by atoms with van der Waals surface area (Å²) in [5.74, 6) is 1.12. The van der Waals surface area contributed by atoms with E-state index >= 15 is 0 Å². The van der Waals surface area contributed by atoms with E-state index in [9.17, 15) is 5.26 Å². The molecule has 2 rings (SSSR count). The van der Waals surface area contributed by atoms with E-state index in [0.717, 1.165) is 18.4 Å². The van der Waals surface area contributed by atoms with Gasteiger partial charge in [-0.1, -0.05) is 39.0 Å². The smallest absolute Gasteiger partial charge is 0.0672 e. The molecular weight excluding hydrogens is 232 g/mol. The lowest BCUT2D eigenvalue weighted by Gasteiger charge is -2.42. The Morgan fingerprint density at radius 1 is 1.05 bits per heavy atom. The summed E-state index contributed by atoms with van der Waals surface area (Å²) in [6.45, 7) is 2.31. The van der Waals surface area contributed by atoms with Gasteiger partial charge in [0.15, 0.2) is 0 Å². The first-order valence-corrected chi connectivity index (χ1v) is 8.37. The van der Waals surface area contributed by atoms with Crippen molar-refractivity contribution in [2.45, 2.75) is 83.2 Å². The van der Waals surface area contributed by atoms with Gasteiger partial charge < -0.3 is 0 Å². The SMILES string of the molecule is CCC1CCC(C#N)C(N(C)C2CCCCCC2)C1. The third kappa shape index (κ3) is 3.72. The maximum Gasteiger partial charge on any atom is 0.0672 e. The van der Waals surface area contributed by atoms with E-state index in [0.29, 0.717) is 6.04 Å². The molecule has 2 heteroatoms. The van der Waals surface area contributed by atoms with Gasteiger partial charge in [0.2, 0.25) is 0 Å². The number of rotatable bonds is 3. The van der Waals surface area contributed by atoms with E-state index in [1.165, 1.54) is 57.8 Å². The zero-order chi connectivity index (χ0) is 13.7. The van der Waals surface area contributed by atoms with Gasteiger partial charge in [-0.2, -0.15) is 5.26 Å². The van der Waals surface area contributed by atoms with E-state index in [1.807, 2.05) is 0 Å². The van der Waals surface area contributed by atoms with Crippen molar-refractivity contribution in [1.82, 2.24) is 4.90 Å². The van der Waals surface area contributed by atoms with Crippen LogP contribution in [0, 0.1) is 23.2 Å². The number of hydrogen-bond acceptors (Lipinski definition) is 2. The fraction of sp³-hybridized carbons (Fsp3) is 0.941. The normalized spacial score (nSPS) is 33.9. The molecule has 108 valence electrons. The molecule has 0 bridgehead atoms. The van der Waals surface area contributed by atoms with Gasteiger partial charge in [0.25, 0.3) is 0 Å².